The van der Waals surface area contributed by atoms with E-state index < -0.39 is 0 Å². The predicted molar refractivity (Wildman–Crippen MR) is 91.9 cm³/mol. The molecule has 1 unspecified atom stereocenters. The zero-order chi connectivity index (χ0) is 16.0. The second-order valence-corrected chi connectivity index (χ2v) is 6.65. The van der Waals surface area contributed by atoms with Gasteiger partial charge in [-0.15, -0.1) is 0 Å². The summed E-state index contributed by atoms with van der Waals surface area (Å²) in [5.74, 6) is 0.192. The van der Waals surface area contributed by atoms with E-state index in [-0.39, 0.29) is 17.8 Å². The summed E-state index contributed by atoms with van der Waals surface area (Å²) in [5.41, 5.74) is 5.42. The smallest absolute Gasteiger partial charge is 0.319 e. The number of urea groups is 1. The van der Waals surface area contributed by atoms with Crippen LogP contribution in [0.2, 0.25) is 0 Å². The summed E-state index contributed by atoms with van der Waals surface area (Å²) in [6.45, 7) is 0. The monoisotopic (exact) mass is 370 g/mol. The van der Waals surface area contributed by atoms with E-state index in [9.17, 15) is 9.90 Å². The number of amides is 2. The summed E-state index contributed by atoms with van der Waals surface area (Å²) >= 11 is 3.35. The van der Waals surface area contributed by atoms with Crippen LogP contribution in [0.4, 0.5) is 4.79 Å². The lowest BCUT2D eigenvalue weighted by Crippen LogP contribution is -2.44. The number of carbonyl (C=O) groups excluding carboxylic acids is 1. The van der Waals surface area contributed by atoms with Crippen molar-refractivity contribution in [3.8, 4) is 5.75 Å². The molecule has 23 heavy (non-hydrogen) atoms. The lowest BCUT2D eigenvalue weighted by molar-refractivity contribution is 0.240. The first-order valence-electron chi connectivity index (χ1n) is 7.51. The number of benzene rings is 2. The molecule has 1 heterocycles. The van der Waals surface area contributed by atoms with Gasteiger partial charge in [-0.3, -0.25) is 0 Å². The minimum absolute atomic E-state index is 0.177. The fourth-order valence-electron chi connectivity index (χ4n) is 3.34. The van der Waals surface area contributed by atoms with Gasteiger partial charge in [-0.05, 0) is 57.6 Å². The van der Waals surface area contributed by atoms with Gasteiger partial charge in [0, 0.05) is 5.56 Å². The van der Waals surface area contributed by atoms with Gasteiger partial charge in [-0.25, -0.2) is 4.79 Å². The standard InChI is InChI=1S/C18H15BrN2O2/c19-14-9-11(6-8-15(14)22)16-13-7-5-10-3-1-2-4-12(10)17(13)21-18(23)20-16/h1-4,6,8-9,16,22H,5,7H2,(H2,20,21,23). The number of fused-ring (bicyclic) bond motifs is 2. The highest BCUT2D eigenvalue weighted by Crippen LogP contribution is 2.39. The molecule has 5 heteroatoms. The van der Waals surface area contributed by atoms with Crippen LogP contribution >= 0.6 is 15.9 Å². The Labute approximate surface area is 142 Å². The average molecular weight is 371 g/mol. The molecule has 0 bridgehead atoms. The molecular formula is C18H15BrN2O2. The molecular weight excluding hydrogens is 356 g/mol. The molecule has 2 aromatic carbocycles. The van der Waals surface area contributed by atoms with E-state index in [0.717, 1.165) is 29.7 Å². The Kier molecular flexibility index (Phi) is 3.38. The van der Waals surface area contributed by atoms with E-state index in [2.05, 4.69) is 38.7 Å². The van der Waals surface area contributed by atoms with E-state index in [1.807, 2.05) is 24.3 Å². The van der Waals surface area contributed by atoms with Crippen molar-refractivity contribution in [1.29, 1.82) is 0 Å². The molecule has 0 aromatic heterocycles. The van der Waals surface area contributed by atoms with Gasteiger partial charge in [0.1, 0.15) is 5.75 Å². The van der Waals surface area contributed by atoms with Crippen LogP contribution in [0.25, 0.3) is 5.70 Å². The minimum Gasteiger partial charge on any atom is -0.507 e. The number of aromatic hydroxyl groups is 1. The second kappa shape index (κ2) is 5.42. The number of carbonyl (C=O) groups is 1. The molecule has 0 fully saturated rings. The fraction of sp³-hybridized carbons (Fsp3) is 0.167. The second-order valence-electron chi connectivity index (χ2n) is 5.80. The van der Waals surface area contributed by atoms with Crippen LogP contribution < -0.4 is 10.6 Å². The van der Waals surface area contributed by atoms with Crippen molar-refractivity contribution in [3.63, 3.8) is 0 Å². The third-order valence-corrected chi connectivity index (χ3v) is 5.07. The largest absolute Gasteiger partial charge is 0.507 e. The maximum absolute atomic E-state index is 12.1. The summed E-state index contributed by atoms with van der Waals surface area (Å²) in [6, 6.07) is 13.2. The number of phenolic OH excluding ortho intramolecular Hbond substituents is 1. The molecule has 3 N–H and O–H groups in total. The topological polar surface area (TPSA) is 61.4 Å². The number of halogens is 1. The molecule has 0 spiro atoms. The van der Waals surface area contributed by atoms with Gasteiger partial charge in [0.2, 0.25) is 0 Å². The van der Waals surface area contributed by atoms with E-state index >= 15 is 0 Å². The van der Waals surface area contributed by atoms with Crippen molar-refractivity contribution in [3.05, 3.63) is 69.2 Å². The SMILES string of the molecule is O=C1NC2=C(CCc3ccccc32)C(c2ccc(O)c(Br)c2)N1. The number of phenols is 1. The molecule has 0 saturated heterocycles. The first kappa shape index (κ1) is 14.3. The Morgan fingerprint density at radius 3 is 2.78 bits per heavy atom. The fourth-order valence-corrected chi connectivity index (χ4v) is 3.74. The maximum atomic E-state index is 12.1. The van der Waals surface area contributed by atoms with Crippen molar-refractivity contribution in [2.45, 2.75) is 18.9 Å². The molecule has 0 radical (unpaired) electrons. The molecule has 4 rings (SSSR count). The van der Waals surface area contributed by atoms with Gasteiger partial charge < -0.3 is 15.7 Å². The Bertz CT molecular complexity index is 845. The third-order valence-electron chi connectivity index (χ3n) is 4.44. The normalized spacial score (nSPS) is 19.5. The van der Waals surface area contributed by atoms with Crippen molar-refractivity contribution in [2.75, 3.05) is 0 Å². The third kappa shape index (κ3) is 2.41. The predicted octanol–water partition coefficient (Wildman–Crippen LogP) is 3.87. The minimum atomic E-state index is -0.199. The molecule has 116 valence electrons. The lowest BCUT2D eigenvalue weighted by Gasteiger charge is -2.34. The highest BCUT2D eigenvalue weighted by Gasteiger charge is 2.32. The summed E-state index contributed by atoms with van der Waals surface area (Å²) < 4.78 is 0.626. The molecule has 4 nitrogen and oxygen atoms in total. The number of hydrogen-bond donors (Lipinski definition) is 3. The van der Waals surface area contributed by atoms with Gasteiger partial charge in [-0.1, -0.05) is 30.3 Å². The van der Waals surface area contributed by atoms with Crippen LogP contribution in [0.3, 0.4) is 0 Å². The zero-order valence-corrected chi connectivity index (χ0v) is 13.9. The first-order valence-corrected chi connectivity index (χ1v) is 8.30. The maximum Gasteiger partial charge on any atom is 0.319 e. The van der Waals surface area contributed by atoms with E-state index in [1.165, 1.54) is 11.1 Å². The van der Waals surface area contributed by atoms with E-state index in [0.29, 0.717) is 4.47 Å². The van der Waals surface area contributed by atoms with Crippen molar-refractivity contribution < 1.29 is 9.90 Å². The van der Waals surface area contributed by atoms with Crippen LogP contribution in [-0.4, -0.2) is 11.1 Å². The Morgan fingerprint density at radius 1 is 1.13 bits per heavy atom. The van der Waals surface area contributed by atoms with Crippen LogP contribution in [0.5, 0.6) is 5.75 Å². The van der Waals surface area contributed by atoms with Crippen LogP contribution in [0.1, 0.15) is 29.2 Å². The summed E-state index contributed by atoms with van der Waals surface area (Å²) in [7, 11) is 0. The highest BCUT2D eigenvalue weighted by atomic mass is 79.9. The van der Waals surface area contributed by atoms with Gasteiger partial charge in [0.05, 0.1) is 16.2 Å². The molecule has 2 amide bonds. The Hall–Kier alpha value is -2.27. The zero-order valence-electron chi connectivity index (χ0n) is 12.3. The van der Waals surface area contributed by atoms with E-state index in [1.54, 1.807) is 6.07 Å². The van der Waals surface area contributed by atoms with Gasteiger partial charge in [0.15, 0.2) is 0 Å². The number of rotatable bonds is 1. The molecule has 1 aliphatic heterocycles. The summed E-state index contributed by atoms with van der Waals surface area (Å²) in [5, 5.41) is 15.7. The molecule has 0 saturated carbocycles. The molecule has 2 aliphatic rings. The number of aryl methyl sites for hydroxylation is 1. The summed E-state index contributed by atoms with van der Waals surface area (Å²) in [4.78, 5) is 12.1. The number of nitrogens with one attached hydrogen (secondary N) is 2. The van der Waals surface area contributed by atoms with Crippen molar-refractivity contribution in [1.82, 2.24) is 10.6 Å². The molecule has 1 aliphatic carbocycles. The van der Waals surface area contributed by atoms with Crippen LogP contribution in [0.15, 0.2) is 52.5 Å². The van der Waals surface area contributed by atoms with Gasteiger partial charge in [-0.2, -0.15) is 0 Å². The van der Waals surface area contributed by atoms with Crippen LogP contribution in [-0.2, 0) is 6.42 Å². The Balaban J connectivity index is 1.85. The lowest BCUT2D eigenvalue weighted by atomic mass is 9.83. The molecule has 2 aromatic rings. The average Bonchev–Trinajstić information content (AvgIpc) is 2.56. The van der Waals surface area contributed by atoms with Crippen LogP contribution in [0, 0.1) is 0 Å². The first-order chi connectivity index (χ1) is 11.1. The van der Waals surface area contributed by atoms with E-state index in [4.69, 9.17) is 0 Å². The quantitative estimate of drug-likeness (QED) is 0.713. The Morgan fingerprint density at radius 2 is 1.96 bits per heavy atom. The van der Waals surface area contributed by atoms with Gasteiger partial charge >= 0.3 is 6.03 Å². The van der Waals surface area contributed by atoms with Gasteiger partial charge in [0.25, 0.3) is 0 Å². The highest BCUT2D eigenvalue weighted by molar-refractivity contribution is 9.10. The van der Waals surface area contributed by atoms with Crippen molar-refractivity contribution >= 4 is 27.7 Å². The van der Waals surface area contributed by atoms with Crippen molar-refractivity contribution in [2.24, 2.45) is 0 Å². The summed E-state index contributed by atoms with van der Waals surface area (Å²) in [6.07, 6.45) is 1.85. The molecule has 1 atom stereocenters. The number of hydrogen-bond acceptors (Lipinski definition) is 2.